The highest BCUT2D eigenvalue weighted by molar-refractivity contribution is 6.05. The van der Waals surface area contributed by atoms with E-state index < -0.39 is 29.3 Å². The van der Waals surface area contributed by atoms with Crippen LogP contribution >= 0.6 is 0 Å². The lowest BCUT2D eigenvalue weighted by atomic mass is 10.0. The first-order valence-corrected chi connectivity index (χ1v) is 13.6. The maximum absolute atomic E-state index is 13.2. The Kier molecular flexibility index (Phi) is 7.84. The normalized spacial score (nSPS) is 15.4. The van der Waals surface area contributed by atoms with Gasteiger partial charge in [0, 0.05) is 35.5 Å². The molecule has 0 radical (unpaired) electrons. The summed E-state index contributed by atoms with van der Waals surface area (Å²) in [5.74, 6) is 0.510. The summed E-state index contributed by atoms with van der Waals surface area (Å²) in [7, 11) is 0. The van der Waals surface area contributed by atoms with Crippen LogP contribution in [-0.4, -0.2) is 58.8 Å². The molecular formula is C30H32F3N5O4. The van der Waals surface area contributed by atoms with Crippen LogP contribution in [0, 0.1) is 6.92 Å². The van der Waals surface area contributed by atoms with Crippen molar-refractivity contribution in [2.45, 2.75) is 52.6 Å². The van der Waals surface area contributed by atoms with E-state index >= 15 is 0 Å². The zero-order chi connectivity index (χ0) is 30.2. The third kappa shape index (κ3) is 6.48. The van der Waals surface area contributed by atoms with Crippen LogP contribution in [-0.2, 0) is 28.7 Å². The Bertz CT molecular complexity index is 1510. The molecule has 222 valence electrons. The molecule has 2 aliphatic rings. The smallest absolute Gasteiger partial charge is 0.416 e. The Morgan fingerprint density at radius 1 is 1.00 bits per heavy atom. The topological polar surface area (TPSA) is 96.9 Å². The van der Waals surface area contributed by atoms with Crippen LogP contribution in [0.5, 0.6) is 0 Å². The van der Waals surface area contributed by atoms with Crippen molar-refractivity contribution in [1.82, 2.24) is 14.9 Å². The minimum atomic E-state index is -4.53. The number of carbonyl (C=O) groups excluding carboxylic acids is 2. The number of hydrogen-bond acceptors (Lipinski definition) is 7. The zero-order valence-electron chi connectivity index (χ0n) is 23.8. The van der Waals surface area contributed by atoms with Crippen LogP contribution < -0.4 is 10.2 Å². The third-order valence-electron chi connectivity index (χ3n) is 6.91. The van der Waals surface area contributed by atoms with Gasteiger partial charge in [0.2, 0.25) is 0 Å². The van der Waals surface area contributed by atoms with Gasteiger partial charge in [0.1, 0.15) is 11.4 Å². The SMILES string of the molecule is Cc1ccc(C(=O)Nc2cccc(C(F)(F)F)c2)cc1-c1nc2c(c(N3CCOCC3)n1)CN(C(=O)OC(C)(C)C)C2. The van der Waals surface area contributed by atoms with Crippen molar-refractivity contribution in [3.8, 4) is 11.4 Å². The first-order chi connectivity index (χ1) is 19.8. The number of morpholine rings is 1. The summed E-state index contributed by atoms with van der Waals surface area (Å²) in [6, 6.07) is 9.45. The van der Waals surface area contributed by atoms with Gasteiger partial charge >= 0.3 is 12.3 Å². The number of nitrogens with zero attached hydrogens (tertiary/aromatic N) is 4. The molecule has 2 amide bonds. The minimum absolute atomic E-state index is 0.0302. The average molecular weight is 584 g/mol. The molecule has 3 heterocycles. The zero-order valence-corrected chi connectivity index (χ0v) is 23.8. The molecule has 0 saturated carbocycles. The van der Waals surface area contributed by atoms with Crippen molar-refractivity contribution in [2.24, 2.45) is 0 Å². The fourth-order valence-corrected chi connectivity index (χ4v) is 4.83. The van der Waals surface area contributed by atoms with E-state index in [1.54, 1.807) is 23.1 Å². The second-order valence-electron chi connectivity index (χ2n) is 11.3. The van der Waals surface area contributed by atoms with Crippen LogP contribution in [0.2, 0.25) is 0 Å². The number of aromatic nitrogens is 2. The van der Waals surface area contributed by atoms with Crippen molar-refractivity contribution < 1.29 is 32.2 Å². The number of amides is 2. The standard InChI is InChI=1S/C30H32F3N5O4/c1-18-8-9-19(27(39)34-21-7-5-6-20(15-21)30(31,32)33)14-22(18)25-35-24-17-38(28(40)42-29(2,3)4)16-23(24)26(36-25)37-10-12-41-13-11-37/h5-9,14-15H,10-13,16-17H2,1-4H3,(H,34,39). The molecule has 1 aromatic heterocycles. The molecule has 2 aromatic carbocycles. The Balaban J connectivity index is 1.48. The molecule has 2 aliphatic heterocycles. The Hall–Kier alpha value is -4.19. The lowest BCUT2D eigenvalue weighted by Gasteiger charge is -2.29. The fourth-order valence-electron chi connectivity index (χ4n) is 4.83. The number of benzene rings is 2. The second kappa shape index (κ2) is 11.2. The first kappa shape index (κ1) is 29.3. The van der Waals surface area contributed by atoms with E-state index in [0.717, 1.165) is 23.3 Å². The molecule has 5 rings (SSSR count). The molecule has 0 bridgehead atoms. The monoisotopic (exact) mass is 583 g/mol. The molecule has 0 aliphatic carbocycles. The van der Waals surface area contributed by atoms with Gasteiger partial charge in [-0.2, -0.15) is 13.2 Å². The molecule has 3 aromatic rings. The van der Waals surface area contributed by atoms with Crippen molar-refractivity contribution >= 4 is 23.5 Å². The van der Waals surface area contributed by atoms with E-state index in [1.807, 2.05) is 27.7 Å². The number of nitrogens with one attached hydrogen (secondary N) is 1. The summed E-state index contributed by atoms with van der Waals surface area (Å²) in [6.07, 6.45) is -4.97. The molecule has 0 atom stereocenters. The van der Waals surface area contributed by atoms with Crippen LogP contribution in [0.4, 0.5) is 29.5 Å². The lowest BCUT2D eigenvalue weighted by Crippen LogP contribution is -2.38. The van der Waals surface area contributed by atoms with Crippen LogP contribution in [0.3, 0.4) is 0 Å². The number of anilines is 2. The number of ether oxygens (including phenoxy) is 2. The molecule has 1 N–H and O–H groups in total. The van der Waals surface area contributed by atoms with Crippen molar-refractivity contribution in [3.63, 3.8) is 0 Å². The van der Waals surface area contributed by atoms with Crippen LogP contribution in [0.1, 0.15) is 53.5 Å². The van der Waals surface area contributed by atoms with Gasteiger partial charge in [-0.1, -0.05) is 12.1 Å². The third-order valence-corrected chi connectivity index (χ3v) is 6.91. The second-order valence-corrected chi connectivity index (χ2v) is 11.3. The van der Waals surface area contributed by atoms with E-state index in [9.17, 15) is 22.8 Å². The van der Waals surface area contributed by atoms with Crippen molar-refractivity contribution in [3.05, 3.63) is 70.4 Å². The van der Waals surface area contributed by atoms with E-state index in [0.29, 0.717) is 55.7 Å². The van der Waals surface area contributed by atoms with Gasteiger partial charge in [0.15, 0.2) is 5.82 Å². The Labute approximate surface area is 241 Å². The quantitative estimate of drug-likeness (QED) is 0.414. The number of rotatable bonds is 4. The minimum Gasteiger partial charge on any atom is -0.444 e. The van der Waals surface area contributed by atoms with Gasteiger partial charge in [-0.3, -0.25) is 9.69 Å². The predicted octanol–water partition coefficient (Wildman–Crippen LogP) is 5.81. The van der Waals surface area contributed by atoms with E-state index in [4.69, 9.17) is 19.4 Å². The largest absolute Gasteiger partial charge is 0.444 e. The van der Waals surface area contributed by atoms with E-state index in [1.165, 1.54) is 12.1 Å². The number of alkyl halides is 3. The van der Waals surface area contributed by atoms with Gasteiger partial charge in [0.25, 0.3) is 5.91 Å². The molecule has 0 spiro atoms. The summed E-state index contributed by atoms with van der Waals surface area (Å²) in [6.45, 7) is 10.1. The molecule has 0 unspecified atom stereocenters. The number of carbonyl (C=O) groups is 2. The summed E-state index contributed by atoms with van der Waals surface area (Å²) < 4.78 is 50.6. The number of hydrogen-bond donors (Lipinski definition) is 1. The highest BCUT2D eigenvalue weighted by Crippen LogP contribution is 2.35. The van der Waals surface area contributed by atoms with Gasteiger partial charge in [-0.05, 0) is 63.6 Å². The number of aryl methyl sites for hydroxylation is 1. The summed E-state index contributed by atoms with van der Waals surface area (Å²) >= 11 is 0. The van der Waals surface area contributed by atoms with Crippen LogP contribution in [0.15, 0.2) is 42.5 Å². The molecule has 9 nitrogen and oxygen atoms in total. The summed E-state index contributed by atoms with van der Waals surface area (Å²) in [4.78, 5) is 39.4. The fraction of sp³-hybridized carbons (Fsp3) is 0.400. The maximum Gasteiger partial charge on any atom is 0.416 e. The van der Waals surface area contributed by atoms with Gasteiger partial charge < -0.3 is 19.7 Å². The number of fused-ring (bicyclic) bond motifs is 1. The predicted molar refractivity (Wildman–Crippen MR) is 150 cm³/mol. The number of halogens is 3. The van der Waals surface area contributed by atoms with Crippen molar-refractivity contribution in [2.75, 3.05) is 36.5 Å². The summed E-state index contributed by atoms with van der Waals surface area (Å²) in [5.41, 5.74) is 1.69. The van der Waals surface area contributed by atoms with E-state index in [2.05, 4.69) is 10.2 Å². The van der Waals surface area contributed by atoms with E-state index in [-0.39, 0.29) is 17.8 Å². The Morgan fingerprint density at radius 3 is 2.43 bits per heavy atom. The van der Waals surface area contributed by atoms with Gasteiger partial charge in [-0.25, -0.2) is 14.8 Å². The van der Waals surface area contributed by atoms with Gasteiger partial charge in [0.05, 0.1) is 37.6 Å². The molecule has 42 heavy (non-hydrogen) atoms. The van der Waals surface area contributed by atoms with Crippen molar-refractivity contribution in [1.29, 1.82) is 0 Å². The molecular weight excluding hydrogens is 551 g/mol. The highest BCUT2D eigenvalue weighted by atomic mass is 19.4. The average Bonchev–Trinajstić information content (AvgIpc) is 3.37. The maximum atomic E-state index is 13.2. The molecule has 1 saturated heterocycles. The van der Waals surface area contributed by atoms with Crippen LogP contribution in [0.25, 0.3) is 11.4 Å². The lowest BCUT2D eigenvalue weighted by molar-refractivity contribution is -0.137. The molecule has 1 fully saturated rings. The van der Waals surface area contributed by atoms with Gasteiger partial charge in [-0.15, -0.1) is 0 Å². The highest BCUT2D eigenvalue weighted by Gasteiger charge is 2.34. The Morgan fingerprint density at radius 2 is 1.74 bits per heavy atom. The summed E-state index contributed by atoms with van der Waals surface area (Å²) in [5, 5.41) is 2.55. The molecule has 12 heteroatoms. The first-order valence-electron chi connectivity index (χ1n) is 13.6.